The summed E-state index contributed by atoms with van der Waals surface area (Å²) >= 11 is 0. The van der Waals surface area contributed by atoms with E-state index in [1.165, 1.54) is 17.9 Å². The number of carbonyl (C=O) groups is 3. The van der Waals surface area contributed by atoms with Crippen LogP contribution in [0.4, 0.5) is 0 Å². The number of amides is 2. The number of rotatable bonds is 2. The Kier molecular flexibility index (Phi) is 2.32. The Morgan fingerprint density at radius 2 is 2.16 bits per heavy atom. The summed E-state index contributed by atoms with van der Waals surface area (Å²) in [5.74, 6) is -1.42. The molecule has 3 aliphatic rings. The molecule has 0 aliphatic carbocycles. The van der Waals surface area contributed by atoms with E-state index in [1.54, 1.807) is 4.90 Å². The Morgan fingerprint density at radius 3 is 2.68 bits per heavy atom. The molecule has 1 N–H and O–H groups in total. The molecule has 6 nitrogen and oxygen atoms in total. The minimum atomic E-state index is -1.11. The summed E-state index contributed by atoms with van der Waals surface area (Å²) in [7, 11) is 0. The molecular weight excluding hydrogens is 248 g/mol. The molecule has 3 heterocycles. The Morgan fingerprint density at radius 1 is 1.47 bits per heavy atom. The van der Waals surface area contributed by atoms with Crippen LogP contribution < -0.4 is 0 Å². The SMILES string of the molecule is C=CC1=C(C(=O)O)N2C(=O)[C@@H]3[C@H]2[C@H](C1)CN3C(C)=O. The highest BCUT2D eigenvalue weighted by molar-refractivity contribution is 6.02. The highest BCUT2D eigenvalue weighted by atomic mass is 16.4. The van der Waals surface area contributed by atoms with Gasteiger partial charge in [0.2, 0.25) is 5.91 Å². The largest absolute Gasteiger partial charge is 0.477 e. The fourth-order valence-electron chi connectivity index (χ4n) is 3.48. The van der Waals surface area contributed by atoms with Gasteiger partial charge < -0.3 is 10.0 Å². The van der Waals surface area contributed by atoms with Crippen LogP contribution in [0.25, 0.3) is 0 Å². The lowest BCUT2D eigenvalue weighted by Gasteiger charge is -2.49. The third kappa shape index (κ3) is 1.34. The zero-order chi connectivity index (χ0) is 13.9. The number of hydrogen-bond acceptors (Lipinski definition) is 3. The zero-order valence-corrected chi connectivity index (χ0v) is 10.5. The van der Waals surface area contributed by atoms with Crippen LogP contribution in [0.2, 0.25) is 0 Å². The number of carboxylic acid groups (broad SMARTS) is 1. The van der Waals surface area contributed by atoms with Crippen molar-refractivity contribution in [1.29, 1.82) is 0 Å². The number of carbonyl (C=O) groups excluding carboxylic acids is 2. The number of likely N-dealkylation sites (tertiary alicyclic amines) is 1. The maximum atomic E-state index is 12.1. The monoisotopic (exact) mass is 262 g/mol. The second-order valence-corrected chi connectivity index (χ2v) is 5.16. The topological polar surface area (TPSA) is 77.9 Å². The van der Waals surface area contributed by atoms with Crippen molar-refractivity contribution in [2.45, 2.75) is 25.4 Å². The minimum Gasteiger partial charge on any atom is -0.477 e. The van der Waals surface area contributed by atoms with Crippen molar-refractivity contribution < 1.29 is 19.5 Å². The van der Waals surface area contributed by atoms with Crippen LogP contribution >= 0.6 is 0 Å². The van der Waals surface area contributed by atoms with E-state index in [4.69, 9.17) is 0 Å². The second kappa shape index (κ2) is 3.69. The predicted molar refractivity (Wildman–Crippen MR) is 64.8 cm³/mol. The standard InChI is InChI=1S/C13H14N2O4/c1-3-7-4-8-5-14(6(2)16)11-9(8)15(12(11)17)10(7)13(18)19/h3,8-9,11H,1,4-5H2,2H3,(H,18,19)/t8-,9-,11+/m1/s1. The zero-order valence-electron chi connectivity index (χ0n) is 10.5. The quantitative estimate of drug-likeness (QED) is 0.709. The molecule has 0 spiro atoms. The number of nitrogens with zero attached hydrogens (tertiary/aromatic N) is 2. The van der Waals surface area contributed by atoms with Gasteiger partial charge in [0, 0.05) is 19.4 Å². The fraction of sp³-hybridized carbons (Fsp3) is 0.462. The second-order valence-electron chi connectivity index (χ2n) is 5.16. The molecule has 3 atom stereocenters. The lowest BCUT2D eigenvalue weighted by Crippen LogP contribution is -2.69. The molecule has 3 aliphatic heterocycles. The van der Waals surface area contributed by atoms with E-state index in [1.807, 2.05) is 0 Å². The van der Waals surface area contributed by atoms with Crippen LogP contribution in [0.5, 0.6) is 0 Å². The molecule has 6 heteroatoms. The molecule has 2 fully saturated rings. The van der Waals surface area contributed by atoms with E-state index >= 15 is 0 Å². The highest BCUT2D eigenvalue weighted by Crippen LogP contribution is 2.47. The number of aliphatic carboxylic acids is 1. The lowest BCUT2D eigenvalue weighted by molar-refractivity contribution is -0.159. The first-order valence-corrected chi connectivity index (χ1v) is 6.16. The molecular formula is C13H14N2O4. The number of hydrogen-bond donors (Lipinski definition) is 1. The van der Waals surface area contributed by atoms with Crippen molar-refractivity contribution in [2.24, 2.45) is 5.92 Å². The first-order valence-electron chi connectivity index (χ1n) is 6.16. The summed E-state index contributed by atoms with van der Waals surface area (Å²) < 4.78 is 0. The molecule has 19 heavy (non-hydrogen) atoms. The highest BCUT2D eigenvalue weighted by Gasteiger charge is 2.63. The number of allylic oxidation sites excluding steroid dienone is 2. The van der Waals surface area contributed by atoms with Gasteiger partial charge in [0.1, 0.15) is 11.7 Å². The number of carboxylic acids is 1. The molecule has 0 aromatic heterocycles. The van der Waals surface area contributed by atoms with Crippen molar-refractivity contribution in [3.63, 3.8) is 0 Å². The van der Waals surface area contributed by atoms with Gasteiger partial charge in [-0.05, 0) is 12.0 Å². The van der Waals surface area contributed by atoms with Crippen LogP contribution in [0.1, 0.15) is 13.3 Å². The van der Waals surface area contributed by atoms with Gasteiger partial charge in [-0.3, -0.25) is 14.5 Å². The molecule has 2 saturated heterocycles. The maximum Gasteiger partial charge on any atom is 0.352 e. The Balaban J connectivity index is 2.03. The maximum absolute atomic E-state index is 12.1. The summed E-state index contributed by atoms with van der Waals surface area (Å²) in [6.45, 7) is 5.57. The van der Waals surface area contributed by atoms with Crippen LogP contribution in [0.15, 0.2) is 23.9 Å². The summed E-state index contributed by atoms with van der Waals surface area (Å²) in [5.41, 5.74) is 0.605. The van der Waals surface area contributed by atoms with Gasteiger partial charge in [-0.15, -0.1) is 0 Å². The molecule has 0 aromatic rings. The molecule has 2 amide bonds. The van der Waals surface area contributed by atoms with Gasteiger partial charge in [0.05, 0.1) is 6.04 Å². The normalized spacial score (nSPS) is 32.1. The third-order valence-corrected chi connectivity index (χ3v) is 4.24. The predicted octanol–water partition coefficient (Wildman–Crippen LogP) is -0.0275. The molecule has 100 valence electrons. The van der Waals surface area contributed by atoms with Gasteiger partial charge in [-0.1, -0.05) is 12.7 Å². The van der Waals surface area contributed by atoms with Crippen LogP contribution in [0.3, 0.4) is 0 Å². The van der Waals surface area contributed by atoms with E-state index in [-0.39, 0.29) is 29.5 Å². The first-order chi connectivity index (χ1) is 8.97. The van der Waals surface area contributed by atoms with Crippen LogP contribution in [-0.4, -0.2) is 51.3 Å². The summed E-state index contributed by atoms with van der Waals surface area (Å²) in [5, 5.41) is 9.27. The molecule has 0 aromatic carbocycles. The average molecular weight is 262 g/mol. The average Bonchev–Trinajstić information content (AvgIpc) is 2.72. The summed E-state index contributed by atoms with van der Waals surface area (Å²) in [4.78, 5) is 37.9. The van der Waals surface area contributed by atoms with Crippen LogP contribution in [0, 0.1) is 5.92 Å². The van der Waals surface area contributed by atoms with Gasteiger partial charge in [0.25, 0.3) is 5.91 Å². The summed E-state index contributed by atoms with van der Waals surface area (Å²) in [6.07, 6.45) is 2.05. The smallest absolute Gasteiger partial charge is 0.352 e. The van der Waals surface area contributed by atoms with E-state index in [2.05, 4.69) is 6.58 Å². The lowest BCUT2D eigenvalue weighted by atomic mass is 9.79. The van der Waals surface area contributed by atoms with E-state index in [0.717, 1.165) is 0 Å². The Hall–Kier alpha value is -2.11. The van der Waals surface area contributed by atoms with Gasteiger partial charge in [-0.2, -0.15) is 0 Å². The van der Waals surface area contributed by atoms with Crippen LogP contribution in [-0.2, 0) is 14.4 Å². The van der Waals surface area contributed by atoms with Crippen molar-refractivity contribution in [2.75, 3.05) is 6.54 Å². The number of β-lactam (4-membered cyclic amide) rings is 1. The van der Waals surface area contributed by atoms with E-state index < -0.39 is 12.0 Å². The Labute approximate surface area is 110 Å². The molecule has 0 bridgehead atoms. The van der Waals surface area contributed by atoms with Crippen molar-refractivity contribution in [3.8, 4) is 0 Å². The van der Waals surface area contributed by atoms with Gasteiger partial charge in [-0.25, -0.2) is 4.79 Å². The van der Waals surface area contributed by atoms with Gasteiger partial charge >= 0.3 is 5.97 Å². The van der Waals surface area contributed by atoms with Gasteiger partial charge in [0.15, 0.2) is 0 Å². The first kappa shape index (κ1) is 12.0. The minimum absolute atomic E-state index is 0.0305. The molecule has 0 saturated carbocycles. The Bertz CT molecular complexity index is 551. The molecule has 3 rings (SSSR count). The van der Waals surface area contributed by atoms with Crippen molar-refractivity contribution >= 4 is 17.8 Å². The van der Waals surface area contributed by atoms with Crippen molar-refractivity contribution in [3.05, 3.63) is 23.9 Å². The fourth-order valence-corrected chi connectivity index (χ4v) is 3.48. The van der Waals surface area contributed by atoms with Crippen molar-refractivity contribution in [1.82, 2.24) is 9.80 Å². The van der Waals surface area contributed by atoms with E-state index in [9.17, 15) is 19.5 Å². The molecule has 0 radical (unpaired) electrons. The molecule has 0 unspecified atom stereocenters. The third-order valence-electron chi connectivity index (χ3n) is 4.24. The van der Waals surface area contributed by atoms with E-state index in [0.29, 0.717) is 18.5 Å². The summed E-state index contributed by atoms with van der Waals surface area (Å²) in [6, 6.07) is -0.644.